The molecule has 0 unspecified atom stereocenters. The highest BCUT2D eigenvalue weighted by Gasteiger charge is 2.21. The molecule has 1 heterocycles. The third-order valence-corrected chi connectivity index (χ3v) is 7.99. The van der Waals surface area contributed by atoms with Crippen LogP contribution in [0.1, 0.15) is 5.56 Å². The molecule has 3 nitrogen and oxygen atoms in total. The molecular formula is C23H17F2NO2S3. The van der Waals surface area contributed by atoms with Gasteiger partial charge in [-0.05, 0) is 48.0 Å². The topological polar surface area (TPSA) is 47.0 Å². The molecule has 3 aromatic carbocycles. The summed E-state index contributed by atoms with van der Waals surface area (Å²) in [6.07, 6.45) is 1.18. The maximum atomic E-state index is 13.5. The van der Waals surface area contributed by atoms with Crippen LogP contribution in [-0.2, 0) is 15.6 Å². The Labute approximate surface area is 187 Å². The van der Waals surface area contributed by atoms with Crippen LogP contribution < -0.4 is 0 Å². The van der Waals surface area contributed by atoms with Crippen molar-refractivity contribution in [2.75, 3.05) is 6.26 Å². The molecule has 158 valence electrons. The maximum Gasteiger partial charge on any atom is 0.176 e. The molecular weight excluding hydrogens is 456 g/mol. The summed E-state index contributed by atoms with van der Waals surface area (Å²) in [7, 11) is -3.46. The van der Waals surface area contributed by atoms with E-state index in [9.17, 15) is 17.2 Å². The van der Waals surface area contributed by atoms with Crippen LogP contribution in [0.5, 0.6) is 0 Å². The molecule has 1 aromatic heterocycles. The Morgan fingerprint density at radius 3 is 2.16 bits per heavy atom. The van der Waals surface area contributed by atoms with Gasteiger partial charge in [-0.1, -0.05) is 42.1 Å². The van der Waals surface area contributed by atoms with Crippen LogP contribution in [0.3, 0.4) is 0 Å². The second-order valence-electron chi connectivity index (χ2n) is 6.85. The molecule has 4 rings (SSSR count). The minimum absolute atomic E-state index is 0.220. The third-order valence-electron chi connectivity index (χ3n) is 4.53. The second kappa shape index (κ2) is 8.90. The van der Waals surface area contributed by atoms with Crippen LogP contribution in [0.2, 0.25) is 0 Å². The van der Waals surface area contributed by atoms with Gasteiger partial charge in [-0.15, -0.1) is 11.3 Å². The van der Waals surface area contributed by atoms with Crippen molar-refractivity contribution in [2.45, 2.75) is 15.0 Å². The molecule has 0 saturated heterocycles. The fourth-order valence-corrected chi connectivity index (χ4v) is 6.17. The summed E-state index contributed by atoms with van der Waals surface area (Å²) in [6, 6.07) is 19.0. The molecule has 0 saturated carbocycles. The normalized spacial score (nSPS) is 11.6. The number of hydrogen-bond acceptors (Lipinski definition) is 5. The third kappa shape index (κ3) is 5.03. The van der Waals surface area contributed by atoms with E-state index in [4.69, 9.17) is 4.98 Å². The van der Waals surface area contributed by atoms with Crippen molar-refractivity contribution < 1.29 is 17.2 Å². The minimum atomic E-state index is -3.46. The predicted octanol–water partition coefficient (Wildman–Crippen LogP) is 6.45. The Kier molecular flexibility index (Phi) is 6.22. The number of nitrogens with zero attached hydrogens (tertiary/aromatic N) is 1. The molecule has 0 N–H and O–H groups in total. The van der Waals surface area contributed by atoms with Crippen molar-refractivity contribution in [3.05, 3.63) is 90.0 Å². The molecule has 0 radical (unpaired) electrons. The van der Waals surface area contributed by atoms with Gasteiger partial charge in [0.15, 0.2) is 14.2 Å². The van der Waals surface area contributed by atoms with Gasteiger partial charge in [-0.2, -0.15) is 0 Å². The number of sulfone groups is 1. The molecule has 4 aromatic rings. The Morgan fingerprint density at radius 1 is 0.903 bits per heavy atom. The fraction of sp³-hybridized carbons (Fsp3) is 0.0870. The first-order valence-corrected chi connectivity index (χ1v) is 12.9. The number of halogens is 2. The van der Waals surface area contributed by atoms with Crippen LogP contribution in [0, 0.1) is 11.6 Å². The lowest BCUT2D eigenvalue weighted by Crippen LogP contribution is -1.99. The summed E-state index contributed by atoms with van der Waals surface area (Å²) in [5, 5.41) is 0. The molecule has 8 heteroatoms. The highest BCUT2D eigenvalue weighted by Crippen LogP contribution is 2.43. The summed E-state index contributed by atoms with van der Waals surface area (Å²) in [4.78, 5) is 5.65. The fourth-order valence-electron chi connectivity index (χ4n) is 3.05. The lowest BCUT2D eigenvalue weighted by atomic mass is 10.1. The smallest absolute Gasteiger partial charge is 0.176 e. The van der Waals surface area contributed by atoms with Gasteiger partial charge >= 0.3 is 0 Å². The number of benzene rings is 3. The summed E-state index contributed by atoms with van der Waals surface area (Å²) in [5.41, 5.74) is 2.81. The van der Waals surface area contributed by atoms with E-state index in [0.29, 0.717) is 27.5 Å². The van der Waals surface area contributed by atoms with E-state index in [1.165, 1.54) is 53.6 Å². The van der Waals surface area contributed by atoms with E-state index in [1.54, 1.807) is 48.5 Å². The summed E-state index contributed by atoms with van der Waals surface area (Å²) in [5.74, 6) is -0.0617. The Morgan fingerprint density at radius 2 is 1.52 bits per heavy atom. The van der Waals surface area contributed by atoms with Crippen LogP contribution in [-0.4, -0.2) is 19.7 Å². The highest BCUT2D eigenvalue weighted by molar-refractivity contribution is 8.00. The first-order valence-electron chi connectivity index (χ1n) is 9.25. The number of aromatic nitrogens is 1. The zero-order chi connectivity index (χ0) is 22.0. The van der Waals surface area contributed by atoms with E-state index >= 15 is 0 Å². The van der Waals surface area contributed by atoms with Gasteiger partial charge in [-0.25, -0.2) is 22.2 Å². The van der Waals surface area contributed by atoms with Crippen molar-refractivity contribution in [1.29, 1.82) is 0 Å². The first kappa shape index (κ1) is 21.7. The zero-order valence-electron chi connectivity index (χ0n) is 16.4. The van der Waals surface area contributed by atoms with Crippen molar-refractivity contribution in [2.24, 2.45) is 0 Å². The molecule has 31 heavy (non-hydrogen) atoms. The van der Waals surface area contributed by atoms with Crippen molar-refractivity contribution >= 4 is 32.9 Å². The predicted molar refractivity (Wildman–Crippen MR) is 122 cm³/mol. The van der Waals surface area contributed by atoms with E-state index in [2.05, 4.69) is 0 Å². The van der Waals surface area contributed by atoms with Gasteiger partial charge in [0, 0.05) is 23.1 Å². The number of thioether (sulfide) groups is 1. The van der Waals surface area contributed by atoms with Gasteiger partial charge in [-0.3, -0.25) is 0 Å². The van der Waals surface area contributed by atoms with Crippen molar-refractivity contribution in [3.8, 4) is 21.7 Å². The van der Waals surface area contributed by atoms with Crippen LogP contribution in [0.15, 0.2) is 82.0 Å². The molecule has 0 bridgehead atoms. The van der Waals surface area contributed by atoms with Crippen LogP contribution in [0.4, 0.5) is 8.78 Å². The molecule has 0 aliphatic carbocycles. The van der Waals surface area contributed by atoms with Gasteiger partial charge in [0.05, 0.1) is 15.5 Å². The quantitative estimate of drug-likeness (QED) is 0.302. The molecule has 0 amide bonds. The highest BCUT2D eigenvalue weighted by atomic mass is 32.2. The standard InChI is InChI=1S/C23H17F2NO2S3/c1-31(27,28)20-5-3-2-4-19(20)22-21(16-8-12-18(25)13-9-16)26-23(30-22)29-14-15-6-10-17(24)11-7-15/h2-13H,14H2,1H3. The van der Waals surface area contributed by atoms with Gasteiger partial charge < -0.3 is 0 Å². The van der Waals surface area contributed by atoms with Gasteiger partial charge in [0.2, 0.25) is 0 Å². The Hall–Kier alpha value is -2.55. The van der Waals surface area contributed by atoms with Crippen molar-refractivity contribution in [1.82, 2.24) is 4.98 Å². The van der Waals surface area contributed by atoms with E-state index < -0.39 is 9.84 Å². The Balaban J connectivity index is 1.78. The van der Waals surface area contributed by atoms with Crippen LogP contribution in [0.25, 0.3) is 21.7 Å². The summed E-state index contributed by atoms with van der Waals surface area (Å²) >= 11 is 2.87. The molecule has 0 spiro atoms. The Bertz CT molecular complexity index is 1320. The SMILES string of the molecule is CS(=O)(=O)c1ccccc1-c1sc(SCc2ccc(F)cc2)nc1-c1ccc(F)cc1. The van der Waals surface area contributed by atoms with Gasteiger partial charge in [0.1, 0.15) is 11.6 Å². The molecule has 0 atom stereocenters. The number of rotatable bonds is 6. The molecule has 0 aliphatic heterocycles. The lowest BCUT2D eigenvalue weighted by Gasteiger charge is -2.08. The zero-order valence-corrected chi connectivity index (χ0v) is 18.8. The van der Waals surface area contributed by atoms with Crippen molar-refractivity contribution in [3.63, 3.8) is 0 Å². The minimum Gasteiger partial charge on any atom is -0.229 e. The average molecular weight is 474 g/mol. The first-order chi connectivity index (χ1) is 14.8. The van der Waals surface area contributed by atoms with Gasteiger partial charge in [0.25, 0.3) is 0 Å². The lowest BCUT2D eigenvalue weighted by molar-refractivity contribution is 0.602. The number of hydrogen-bond donors (Lipinski definition) is 0. The average Bonchev–Trinajstić information content (AvgIpc) is 3.17. The van der Waals surface area contributed by atoms with E-state index in [0.717, 1.165) is 9.90 Å². The second-order valence-corrected chi connectivity index (χ2v) is 11.1. The number of thiazole rings is 1. The summed E-state index contributed by atoms with van der Waals surface area (Å²) < 4.78 is 52.1. The summed E-state index contributed by atoms with van der Waals surface area (Å²) in [6.45, 7) is 0. The molecule has 0 fully saturated rings. The molecule has 0 aliphatic rings. The largest absolute Gasteiger partial charge is 0.229 e. The monoisotopic (exact) mass is 473 g/mol. The van der Waals surface area contributed by atoms with E-state index in [1.807, 2.05) is 0 Å². The van der Waals surface area contributed by atoms with E-state index in [-0.39, 0.29) is 16.5 Å². The maximum absolute atomic E-state index is 13.5. The van der Waals surface area contributed by atoms with Crippen LogP contribution >= 0.6 is 23.1 Å².